The largest absolute Gasteiger partial charge is 0.458 e. The molecular weight excluding hydrogens is 443 g/mol. The number of carbonyl (C=O) groups is 3. The number of carbonyl (C=O) groups excluding carboxylic acids is 3. The number of aliphatic hydroxyl groups excluding tert-OH is 1. The molecule has 0 aromatic carbocycles. The zero-order valence-corrected chi connectivity index (χ0v) is 20.4. The predicted octanol–water partition coefficient (Wildman–Crippen LogP) is 3.24. The fraction of sp³-hybridized carbons (Fsp3) is 0.731. The van der Waals surface area contributed by atoms with Gasteiger partial charge < -0.3 is 19.3 Å². The molecule has 4 aliphatic carbocycles. The van der Waals surface area contributed by atoms with Crippen molar-refractivity contribution in [2.45, 2.75) is 76.7 Å². The van der Waals surface area contributed by atoms with Gasteiger partial charge in [0.1, 0.15) is 12.4 Å². The lowest BCUT2D eigenvalue weighted by atomic mass is 9.44. The molecule has 3 fully saturated rings. The van der Waals surface area contributed by atoms with E-state index < -0.39 is 46.7 Å². The number of alkyl halides is 1. The van der Waals surface area contributed by atoms with E-state index in [1.807, 2.05) is 6.92 Å². The first-order valence-corrected chi connectivity index (χ1v) is 12.1. The minimum atomic E-state index is -1.98. The average molecular weight is 479 g/mol. The Morgan fingerprint density at radius 2 is 1.97 bits per heavy atom. The molecule has 0 unspecified atom stereocenters. The SMILES string of the molecule is CCC(=O)OCC(=O)[C@@]1(OCOC)CC[C@H]2[C@@H]3CCC4=CC(=O)C=C[C@]4(C)[C@@]3(F)[C@@H](O)C[C@@]21C. The summed E-state index contributed by atoms with van der Waals surface area (Å²) < 4.78 is 33.6. The van der Waals surface area contributed by atoms with Crippen molar-refractivity contribution >= 4 is 17.5 Å². The summed E-state index contributed by atoms with van der Waals surface area (Å²) >= 11 is 0. The fourth-order valence-corrected chi connectivity index (χ4v) is 7.50. The van der Waals surface area contributed by atoms with Crippen LogP contribution in [0.15, 0.2) is 23.8 Å². The number of esters is 1. The van der Waals surface area contributed by atoms with Gasteiger partial charge in [0, 0.05) is 30.3 Å². The van der Waals surface area contributed by atoms with Gasteiger partial charge in [0.05, 0.1) is 6.10 Å². The van der Waals surface area contributed by atoms with Gasteiger partial charge in [-0.25, -0.2) is 4.39 Å². The molecule has 7 atom stereocenters. The van der Waals surface area contributed by atoms with Gasteiger partial charge in [-0.1, -0.05) is 25.5 Å². The third-order valence-corrected chi connectivity index (χ3v) is 9.29. The van der Waals surface area contributed by atoms with Crippen LogP contribution >= 0.6 is 0 Å². The maximum atomic E-state index is 17.2. The zero-order chi connectivity index (χ0) is 24.9. The van der Waals surface area contributed by atoms with Gasteiger partial charge in [0.15, 0.2) is 18.1 Å². The molecule has 8 heteroatoms. The van der Waals surface area contributed by atoms with Gasteiger partial charge in [-0.2, -0.15) is 0 Å². The second-order valence-corrected chi connectivity index (χ2v) is 10.6. The molecule has 0 amide bonds. The lowest BCUT2D eigenvalue weighted by molar-refractivity contribution is -0.238. The molecule has 4 rings (SSSR count). The molecule has 0 bridgehead atoms. The summed E-state index contributed by atoms with van der Waals surface area (Å²) in [6, 6.07) is 0. The number of fused-ring (bicyclic) bond motifs is 5. The Morgan fingerprint density at radius 3 is 2.65 bits per heavy atom. The smallest absolute Gasteiger partial charge is 0.305 e. The van der Waals surface area contributed by atoms with Gasteiger partial charge >= 0.3 is 5.97 Å². The Balaban J connectivity index is 1.73. The molecule has 0 spiro atoms. The maximum Gasteiger partial charge on any atom is 0.305 e. The number of methoxy groups -OCH3 is 1. The molecule has 0 aliphatic heterocycles. The quantitative estimate of drug-likeness (QED) is 0.443. The molecule has 188 valence electrons. The highest BCUT2D eigenvalue weighted by molar-refractivity contribution is 6.01. The van der Waals surface area contributed by atoms with E-state index in [2.05, 4.69) is 0 Å². The highest BCUT2D eigenvalue weighted by atomic mass is 19.1. The van der Waals surface area contributed by atoms with E-state index in [1.54, 1.807) is 19.9 Å². The van der Waals surface area contributed by atoms with E-state index in [0.29, 0.717) is 31.3 Å². The van der Waals surface area contributed by atoms with E-state index in [1.165, 1.54) is 19.3 Å². The Hall–Kier alpha value is -1.90. The van der Waals surface area contributed by atoms with Crippen molar-refractivity contribution in [3.8, 4) is 0 Å². The predicted molar refractivity (Wildman–Crippen MR) is 120 cm³/mol. The molecule has 0 saturated heterocycles. The average Bonchev–Trinajstić information content (AvgIpc) is 3.09. The summed E-state index contributed by atoms with van der Waals surface area (Å²) in [5.74, 6) is -1.81. The first-order valence-electron chi connectivity index (χ1n) is 12.1. The van der Waals surface area contributed by atoms with Crippen LogP contribution < -0.4 is 0 Å². The van der Waals surface area contributed by atoms with Crippen molar-refractivity contribution in [1.82, 2.24) is 0 Å². The molecule has 1 N–H and O–H groups in total. The Kier molecular flexibility index (Phi) is 6.41. The van der Waals surface area contributed by atoms with E-state index in [4.69, 9.17) is 14.2 Å². The standard InChI is InChI=1S/C26H35FO7/c1-5-22(31)33-14-21(30)25(34-15-32-4)11-9-18-19-7-6-16-12-17(28)8-10-23(16,2)26(19,27)20(29)13-24(18,25)3/h8,10,12,18-20,29H,5-7,9,11,13-15H2,1-4H3/t18-,19-,20-,23-,24-,25-,26-/m0/s1. The molecule has 7 nitrogen and oxygen atoms in total. The highest BCUT2D eigenvalue weighted by Gasteiger charge is 2.74. The lowest BCUT2D eigenvalue weighted by Gasteiger charge is -2.63. The lowest BCUT2D eigenvalue weighted by Crippen LogP contribution is -2.69. The van der Waals surface area contributed by atoms with Crippen LogP contribution in [0.5, 0.6) is 0 Å². The van der Waals surface area contributed by atoms with Crippen LogP contribution in [0.2, 0.25) is 0 Å². The number of ketones is 2. The van der Waals surface area contributed by atoms with Gasteiger partial charge in [0.2, 0.25) is 5.78 Å². The molecular formula is C26H35FO7. The molecule has 0 heterocycles. The summed E-state index contributed by atoms with van der Waals surface area (Å²) in [5, 5.41) is 11.4. The van der Waals surface area contributed by atoms with Crippen molar-refractivity contribution in [2.75, 3.05) is 20.5 Å². The normalized spacial score (nSPS) is 42.9. The number of rotatable bonds is 7. The maximum absolute atomic E-state index is 17.2. The highest BCUT2D eigenvalue weighted by Crippen LogP contribution is 2.70. The molecule has 0 radical (unpaired) electrons. The van der Waals surface area contributed by atoms with Crippen molar-refractivity contribution in [2.24, 2.45) is 22.7 Å². The minimum Gasteiger partial charge on any atom is -0.458 e. The number of aliphatic hydroxyl groups is 1. The Labute approximate surface area is 199 Å². The van der Waals surface area contributed by atoms with Crippen LogP contribution in [0, 0.1) is 22.7 Å². The number of hydrogen-bond acceptors (Lipinski definition) is 7. The Morgan fingerprint density at radius 1 is 1.24 bits per heavy atom. The van der Waals surface area contributed by atoms with Crippen LogP contribution in [0.4, 0.5) is 4.39 Å². The number of allylic oxidation sites excluding steroid dienone is 4. The molecule has 0 aromatic heterocycles. The van der Waals surface area contributed by atoms with Crippen molar-refractivity contribution in [3.05, 3.63) is 23.8 Å². The summed E-state index contributed by atoms with van der Waals surface area (Å²) in [6.07, 6.45) is 5.17. The summed E-state index contributed by atoms with van der Waals surface area (Å²) in [4.78, 5) is 37.2. The number of ether oxygens (including phenoxy) is 3. The minimum absolute atomic E-state index is 0.00645. The van der Waals surface area contributed by atoms with Crippen LogP contribution in [0.25, 0.3) is 0 Å². The van der Waals surface area contributed by atoms with Gasteiger partial charge in [-0.05, 0) is 57.1 Å². The van der Waals surface area contributed by atoms with Crippen LogP contribution in [0.3, 0.4) is 0 Å². The van der Waals surface area contributed by atoms with E-state index in [-0.39, 0.29) is 37.1 Å². The van der Waals surface area contributed by atoms with E-state index in [0.717, 1.165) is 0 Å². The van der Waals surface area contributed by atoms with E-state index >= 15 is 4.39 Å². The summed E-state index contributed by atoms with van der Waals surface area (Å²) in [5.41, 5.74) is -4.60. The molecule has 0 aromatic rings. The number of Topliss-reactive ketones (excluding diaryl/α,β-unsaturated/α-hetero) is 1. The van der Waals surface area contributed by atoms with Crippen LogP contribution in [-0.4, -0.2) is 60.5 Å². The zero-order valence-electron chi connectivity index (χ0n) is 20.4. The second-order valence-electron chi connectivity index (χ2n) is 10.6. The first kappa shape index (κ1) is 25.2. The van der Waals surface area contributed by atoms with Crippen molar-refractivity contribution in [1.29, 1.82) is 0 Å². The number of halogens is 1. The third-order valence-electron chi connectivity index (χ3n) is 9.29. The number of hydrogen-bond donors (Lipinski definition) is 1. The van der Waals surface area contributed by atoms with Gasteiger partial charge in [0.25, 0.3) is 0 Å². The molecule has 3 saturated carbocycles. The first-order chi connectivity index (χ1) is 16.0. The summed E-state index contributed by atoms with van der Waals surface area (Å²) in [7, 11) is 1.46. The molecule has 4 aliphatic rings. The van der Waals surface area contributed by atoms with Crippen molar-refractivity contribution < 1.29 is 38.1 Å². The monoisotopic (exact) mass is 478 g/mol. The van der Waals surface area contributed by atoms with E-state index in [9.17, 15) is 19.5 Å². The fourth-order valence-electron chi connectivity index (χ4n) is 7.50. The third kappa shape index (κ3) is 3.28. The van der Waals surface area contributed by atoms with Crippen LogP contribution in [-0.2, 0) is 28.6 Å². The topological polar surface area (TPSA) is 99.1 Å². The summed E-state index contributed by atoms with van der Waals surface area (Å²) in [6.45, 7) is 4.71. The molecule has 34 heavy (non-hydrogen) atoms. The van der Waals surface area contributed by atoms with Gasteiger partial charge in [-0.3, -0.25) is 14.4 Å². The van der Waals surface area contributed by atoms with Crippen molar-refractivity contribution in [3.63, 3.8) is 0 Å². The van der Waals surface area contributed by atoms with Crippen LogP contribution in [0.1, 0.15) is 59.3 Å². The second kappa shape index (κ2) is 8.64. The Bertz CT molecular complexity index is 943. The van der Waals surface area contributed by atoms with Gasteiger partial charge in [-0.15, -0.1) is 0 Å².